The number of hydrogen-bond donors (Lipinski definition) is 0. The summed E-state index contributed by atoms with van der Waals surface area (Å²) in [4.78, 5) is 4.31. The molecule has 0 amide bonds. The van der Waals surface area contributed by atoms with Gasteiger partial charge < -0.3 is 9.15 Å². The predicted octanol–water partition coefficient (Wildman–Crippen LogP) is 5.38. The summed E-state index contributed by atoms with van der Waals surface area (Å²) in [6.45, 7) is 2.47. The maximum Gasteiger partial charge on any atom is 0.226 e. The molecule has 4 aromatic rings. The summed E-state index contributed by atoms with van der Waals surface area (Å²) in [6.07, 6.45) is 1.72. The van der Waals surface area contributed by atoms with Crippen LogP contribution in [0.3, 0.4) is 0 Å². The molecule has 0 saturated heterocycles. The van der Waals surface area contributed by atoms with E-state index >= 15 is 0 Å². The fourth-order valence-electron chi connectivity index (χ4n) is 2.76. The summed E-state index contributed by atoms with van der Waals surface area (Å²) in [6, 6.07) is 22.3. The monoisotopic (exact) mass is 315 g/mol. The van der Waals surface area contributed by atoms with Gasteiger partial charge >= 0.3 is 0 Å². The number of ether oxygens (including phenoxy) is 1. The average molecular weight is 315 g/mol. The van der Waals surface area contributed by atoms with E-state index in [1.54, 1.807) is 6.20 Å². The highest BCUT2D eigenvalue weighted by molar-refractivity contribution is 5.86. The Morgan fingerprint density at radius 2 is 1.83 bits per heavy atom. The molecule has 0 spiro atoms. The van der Waals surface area contributed by atoms with Crippen LogP contribution in [0.25, 0.3) is 22.2 Å². The first-order valence-corrected chi connectivity index (χ1v) is 7.92. The number of fused-ring (bicyclic) bond motifs is 1. The Kier molecular flexibility index (Phi) is 3.75. The van der Waals surface area contributed by atoms with E-state index in [4.69, 9.17) is 9.15 Å². The van der Waals surface area contributed by atoms with Gasteiger partial charge in [0, 0.05) is 5.56 Å². The molecule has 0 aliphatic carbocycles. The third-order valence-electron chi connectivity index (χ3n) is 4.03. The van der Waals surface area contributed by atoms with E-state index < -0.39 is 0 Å². The normalized spacial score (nSPS) is 10.9. The van der Waals surface area contributed by atoms with Crippen LogP contribution in [0.2, 0.25) is 0 Å². The van der Waals surface area contributed by atoms with Gasteiger partial charge in [0.1, 0.15) is 12.4 Å². The van der Waals surface area contributed by atoms with Crippen molar-refractivity contribution < 1.29 is 9.15 Å². The Morgan fingerprint density at radius 3 is 2.71 bits per heavy atom. The highest BCUT2D eigenvalue weighted by Crippen LogP contribution is 2.25. The first-order valence-electron chi connectivity index (χ1n) is 7.92. The lowest BCUT2D eigenvalue weighted by atomic mass is 10.1. The van der Waals surface area contributed by atoms with Gasteiger partial charge in [0.25, 0.3) is 0 Å². The lowest BCUT2D eigenvalue weighted by Gasteiger charge is -2.07. The zero-order valence-electron chi connectivity index (χ0n) is 13.4. The molecule has 0 atom stereocenters. The number of nitrogens with zero attached hydrogens (tertiary/aromatic N) is 1. The van der Waals surface area contributed by atoms with E-state index in [1.807, 2.05) is 36.4 Å². The molecule has 0 bridgehead atoms. The van der Waals surface area contributed by atoms with Gasteiger partial charge in [-0.25, -0.2) is 4.98 Å². The summed E-state index contributed by atoms with van der Waals surface area (Å²) in [5.74, 6) is 2.15. The molecular weight excluding hydrogens is 298 g/mol. The molecule has 0 aliphatic rings. The molecular formula is C21H17NO2. The summed E-state index contributed by atoms with van der Waals surface area (Å²) < 4.78 is 11.6. The van der Waals surface area contributed by atoms with Crippen molar-refractivity contribution in [3.8, 4) is 17.2 Å². The standard InChI is InChI=1S/C21H17NO2/c1-15-6-5-9-17-12-18(10-11-20(15)17)23-14-19-13-22-21(24-19)16-7-3-2-4-8-16/h2-13H,14H2,1H3. The largest absolute Gasteiger partial charge is 0.486 e. The van der Waals surface area contributed by atoms with Gasteiger partial charge in [-0.2, -0.15) is 0 Å². The van der Waals surface area contributed by atoms with Crippen molar-refractivity contribution in [3.05, 3.63) is 84.3 Å². The number of benzene rings is 3. The van der Waals surface area contributed by atoms with Crippen LogP contribution in [0.1, 0.15) is 11.3 Å². The van der Waals surface area contributed by atoms with Crippen molar-refractivity contribution in [3.63, 3.8) is 0 Å². The molecule has 24 heavy (non-hydrogen) atoms. The maximum absolute atomic E-state index is 5.86. The van der Waals surface area contributed by atoms with Crippen molar-refractivity contribution in [1.82, 2.24) is 4.98 Å². The van der Waals surface area contributed by atoms with Gasteiger partial charge in [-0.3, -0.25) is 0 Å². The summed E-state index contributed by atoms with van der Waals surface area (Å²) in [5, 5.41) is 2.42. The van der Waals surface area contributed by atoms with Gasteiger partial charge in [0.05, 0.1) is 6.20 Å². The third kappa shape index (κ3) is 2.88. The van der Waals surface area contributed by atoms with Crippen LogP contribution < -0.4 is 4.74 Å². The summed E-state index contributed by atoms with van der Waals surface area (Å²) >= 11 is 0. The highest BCUT2D eigenvalue weighted by atomic mass is 16.5. The number of aromatic nitrogens is 1. The molecule has 118 valence electrons. The minimum Gasteiger partial charge on any atom is -0.486 e. The van der Waals surface area contributed by atoms with Crippen molar-refractivity contribution in [2.75, 3.05) is 0 Å². The average Bonchev–Trinajstić information content (AvgIpc) is 3.10. The molecule has 0 unspecified atom stereocenters. The van der Waals surface area contributed by atoms with Gasteiger partial charge in [-0.1, -0.05) is 42.5 Å². The third-order valence-corrected chi connectivity index (χ3v) is 4.03. The van der Waals surface area contributed by atoms with Crippen LogP contribution in [-0.2, 0) is 6.61 Å². The minimum absolute atomic E-state index is 0.358. The van der Waals surface area contributed by atoms with Crippen LogP contribution >= 0.6 is 0 Å². The molecule has 0 fully saturated rings. The van der Waals surface area contributed by atoms with Crippen LogP contribution in [0.5, 0.6) is 5.75 Å². The first kappa shape index (κ1) is 14.5. The molecule has 0 N–H and O–H groups in total. The zero-order valence-corrected chi connectivity index (χ0v) is 13.4. The second kappa shape index (κ2) is 6.20. The highest BCUT2D eigenvalue weighted by Gasteiger charge is 2.07. The number of rotatable bonds is 4. The molecule has 0 radical (unpaired) electrons. The topological polar surface area (TPSA) is 35.3 Å². The van der Waals surface area contributed by atoms with Crippen LogP contribution in [0.4, 0.5) is 0 Å². The van der Waals surface area contributed by atoms with Crippen molar-refractivity contribution in [2.24, 2.45) is 0 Å². The van der Waals surface area contributed by atoms with E-state index in [0.29, 0.717) is 18.3 Å². The Morgan fingerprint density at radius 1 is 0.958 bits per heavy atom. The fraction of sp³-hybridized carbons (Fsp3) is 0.0952. The Balaban J connectivity index is 1.50. The van der Waals surface area contributed by atoms with Gasteiger partial charge in [0.15, 0.2) is 5.76 Å². The molecule has 4 rings (SSSR count). The molecule has 0 saturated carbocycles. The van der Waals surface area contributed by atoms with E-state index in [9.17, 15) is 0 Å². The Labute approximate surface area is 140 Å². The maximum atomic E-state index is 5.86. The number of oxazole rings is 1. The first-order chi connectivity index (χ1) is 11.8. The van der Waals surface area contributed by atoms with Gasteiger partial charge in [-0.05, 0) is 47.5 Å². The van der Waals surface area contributed by atoms with E-state index in [-0.39, 0.29) is 0 Å². The van der Waals surface area contributed by atoms with E-state index in [2.05, 4.69) is 42.2 Å². The van der Waals surface area contributed by atoms with E-state index in [0.717, 1.165) is 11.3 Å². The second-order valence-corrected chi connectivity index (χ2v) is 5.74. The van der Waals surface area contributed by atoms with Crippen molar-refractivity contribution >= 4 is 10.8 Å². The lowest BCUT2D eigenvalue weighted by Crippen LogP contribution is -1.93. The predicted molar refractivity (Wildman–Crippen MR) is 95.0 cm³/mol. The number of hydrogen-bond acceptors (Lipinski definition) is 3. The molecule has 0 aliphatic heterocycles. The number of aryl methyl sites for hydroxylation is 1. The van der Waals surface area contributed by atoms with Crippen LogP contribution in [-0.4, -0.2) is 4.98 Å². The molecule has 3 nitrogen and oxygen atoms in total. The van der Waals surface area contributed by atoms with Crippen molar-refractivity contribution in [2.45, 2.75) is 13.5 Å². The van der Waals surface area contributed by atoms with Crippen molar-refractivity contribution in [1.29, 1.82) is 0 Å². The zero-order chi connectivity index (χ0) is 16.4. The SMILES string of the molecule is Cc1cccc2cc(OCc3cnc(-c4ccccc4)o3)ccc12. The summed E-state index contributed by atoms with van der Waals surface area (Å²) in [5.41, 5.74) is 2.23. The smallest absolute Gasteiger partial charge is 0.226 e. The molecule has 1 heterocycles. The van der Waals surface area contributed by atoms with Gasteiger partial charge in [-0.15, -0.1) is 0 Å². The molecule has 3 aromatic carbocycles. The van der Waals surface area contributed by atoms with Gasteiger partial charge in [0.2, 0.25) is 5.89 Å². The molecule has 1 aromatic heterocycles. The van der Waals surface area contributed by atoms with E-state index in [1.165, 1.54) is 16.3 Å². The lowest BCUT2D eigenvalue weighted by molar-refractivity contribution is 0.272. The second-order valence-electron chi connectivity index (χ2n) is 5.74. The Hall–Kier alpha value is -3.07. The van der Waals surface area contributed by atoms with Crippen LogP contribution in [0.15, 0.2) is 77.3 Å². The quantitative estimate of drug-likeness (QED) is 0.507. The minimum atomic E-state index is 0.358. The fourth-order valence-corrected chi connectivity index (χ4v) is 2.76. The summed E-state index contributed by atoms with van der Waals surface area (Å²) in [7, 11) is 0. The van der Waals surface area contributed by atoms with Crippen LogP contribution in [0, 0.1) is 6.92 Å². The Bertz CT molecular complexity index is 973. The molecule has 3 heteroatoms.